The van der Waals surface area contributed by atoms with Crippen molar-refractivity contribution in [2.75, 3.05) is 25.1 Å². The number of halogens is 1. The number of fused-ring (bicyclic) bond motifs is 2. The average molecular weight is 724 g/mol. The quantitative estimate of drug-likeness (QED) is 0.279. The van der Waals surface area contributed by atoms with E-state index in [4.69, 9.17) is 21.1 Å². The fourth-order valence-electron chi connectivity index (χ4n) is 8.36. The Kier molecular flexibility index (Phi) is 9.82. The number of esters is 1. The van der Waals surface area contributed by atoms with Crippen LogP contribution in [-0.2, 0) is 28.7 Å². The standard InChI is InChI=1S/C41H42ClN3O7/c1-25-14-12-19-29(42)35(25)44-23-13-22-41-34(38(48)45(37(41)39(44)49)30(24-46)27-15-6-4-7-16-27)33-31(52-41)20-10-11-21-32(47)43(3)26(2)36(51-40(33)50)28-17-8-5-9-18-28/h4-10,12-20,22,26,30-31,33-34,36-37,46H,11,21,23-24H2,1-3H3/b20-10-/t26-,30-,31-,33+,34+,36+,37-,41+/m1/s1. The molecule has 2 fully saturated rings. The Bertz CT molecular complexity index is 1900. The number of carbonyl (C=O) groups is 4. The molecule has 3 aromatic carbocycles. The smallest absolute Gasteiger partial charge is 0.313 e. The number of aliphatic hydroxyl groups is 1. The van der Waals surface area contributed by atoms with E-state index in [1.54, 1.807) is 77.5 Å². The number of rotatable bonds is 5. The molecule has 3 aromatic rings. The molecule has 11 heteroatoms. The van der Waals surface area contributed by atoms with Crippen molar-refractivity contribution >= 4 is 41.0 Å². The van der Waals surface area contributed by atoms with Gasteiger partial charge in [-0.1, -0.05) is 109 Å². The zero-order chi connectivity index (χ0) is 36.7. The number of nitrogens with zero attached hydrogens (tertiary/aromatic N) is 3. The van der Waals surface area contributed by atoms with Crippen LogP contribution in [-0.4, -0.2) is 82.6 Å². The molecule has 3 amide bonds. The van der Waals surface area contributed by atoms with Gasteiger partial charge in [0, 0.05) is 20.0 Å². The lowest BCUT2D eigenvalue weighted by Crippen LogP contribution is -2.56. The van der Waals surface area contributed by atoms with Crippen LogP contribution < -0.4 is 4.90 Å². The van der Waals surface area contributed by atoms with Crippen LogP contribution in [0.5, 0.6) is 0 Å². The van der Waals surface area contributed by atoms with Crippen molar-refractivity contribution in [2.45, 2.75) is 62.6 Å². The number of ether oxygens (including phenoxy) is 2. The molecule has 4 aliphatic heterocycles. The summed E-state index contributed by atoms with van der Waals surface area (Å²) in [7, 11) is 1.69. The van der Waals surface area contributed by atoms with Crippen molar-refractivity contribution in [2.24, 2.45) is 11.8 Å². The number of benzene rings is 3. The number of likely N-dealkylation sites (N-methyl/N-ethyl adjacent to an activating group) is 1. The Morgan fingerprint density at radius 2 is 1.65 bits per heavy atom. The summed E-state index contributed by atoms with van der Waals surface area (Å²) < 4.78 is 13.3. The second-order valence-electron chi connectivity index (χ2n) is 13.9. The van der Waals surface area contributed by atoms with Gasteiger partial charge in [-0.25, -0.2) is 0 Å². The van der Waals surface area contributed by atoms with Gasteiger partial charge in [0.25, 0.3) is 5.91 Å². The van der Waals surface area contributed by atoms with Crippen LogP contribution in [0.1, 0.15) is 48.6 Å². The second-order valence-corrected chi connectivity index (χ2v) is 14.3. The molecule has 0 aromatic heterocycles. The molecule has 0 radical (unpaired) electrons. The number of hydrogen-bond acceptors (Lipinski definition) is 7. The Morgan fingerprint density at radius 3 is 2.35 bits per heavy atom. The summed E-state index contributed by atoms with van der Waals surface area (Å²) in [4.78, 5) is 62.8. The van der Waals surface area contributed by atoms with Crippen molar-refractivity contribution in [3.05, 3.63) is 125 Å². The van der Waals surface area contributed by atoms with Crippen LogP contribution in [0.2, 0.25) is 5.02 Å². The van der Waals surface area contributed by atoms with E-state index in [9.17, 15) is 14.7 Å². The molecule has 4 aliphatic rings. The van der Waals surface area contributed by atoms with Gasteiger partial charge < -0.3 is 29.3 Å². The van der Waals surface area contributed by atoms with Crippen molar-refractivity contribution in [1.82, 2.24) is 9.80 Å². The lowest BCUT2D eigenvalue weighted by Gasteiger charge is -2.39. The van der Waals surface area contributed by atoms with E-state index in [2.05, 4.69) is 0 Å². The number of hydrogen-bond donors (Lipinski definition) is 1. The maximum absolute atomic E-state index is 15.2. The van der Waals surface area contributed by atoms with Gasteiger partial charge in [0.05, 0.1) is 41.4 Å². The minimum absolute atomic E-state index is 0.108. The van der Waals surface area contributed by atoms with E-state index in [-0.39, 0.29) is 18.9 Å². The van der Waals surface area contributed by atoms with Gasteiger partial charge in [0.2, 0.25) is 11.8 Å². The van der Waals surface area contributed by atoms with Crippen molar-refractivity contribution in [3.63, 3.8) is 0 Å². The molecule has 0 aliphatic carbocycles. The summed E-state index contributed by atoms with van der Waals surface area (Å²) in [6, 6.07) is 20.9. The Labute approximate surface area is 308 Å². The first-order valence-corrected chi connectivity index (χ1v) is 18.0. The van der Waals surface area contributed by atoms with Gasteiger partial charge in [0.15, 0.2) is 0 Å². The minimum atomic E-state index is -1.61. The largest absolute Gasteiger partial charge is 0.455 e. The Morgan fingerprint density at radius 1 is 0.942 bits per heavy atom. The van der Waals surface area contributed by atoms with E-state index in [1.165, 1.54) is 4.90 Å². The van der Waals surface area contributed by atoms with Crippen LogP contribution in [0.25, 0.3) is 0 Å². The van der Waals surface area contributed by atoms with Crippen LogP contribution >= 0.6 is 11.6 Å². The molecule has 1 N–H and O–H groups in total. The van der Waals surface area contributed by atoms with Crippen molar-refractivity contribution < 1.29 is 33.8 Å². The Hall–Kier alpha value is -4.77. The molecule has 7 rings (SSSR count). The minimum Gasteiger partial charge on any atom is -0.455 e. The molecular weight excluding hydrogens is 682 g/mol. The summed E-state index contributed by atoms with van der Waals surface area (Å²) in [5.74, 6) is -4.09. The maximum Gasteiger partial charge on any atom is 0.313 e. The van der Waals surface area contributed by atoms with Crippen LogP contribution in [0.15, 0.2) is 103 Å². The summed E-state index contributed by atoms with van der Waals surface area (Å²) in [6.45, 7) is 3.34. The fraction of sp³-hybridized carbons (Fsp3) is 0.366. The number of anilines is 1. The van der Waals surface area contributed by atoms with Crippen molar-refractivity contribution in [1.29, 1.82) is 0 Å². The van der Waals surface area contributed by atoms with E-state index >= 15 is 9.59 Å². The van der Waals surface area contributed by atoms with E-state index in [0.717, 1.165) is 5.56 Å². The van der Waals surface area contributed by atoms with Gasteiger partial charge >= 0.3 is 5.97 Å². The third-order valence-corrected chi connectivity index (χ3v) is 11.3. The highest BCUT2D eigenvalue weighted by Gasteiger charge is 2.73. The normalized spacial score (nSPS) is 30.4. The summed E-state index contributed by atoms with van der Waals surface area (Å²) in [5, 5.41) is 11.3. The monoisotopic (exact) mass is 723 g/mol. The number of aryl methyl sites for hydroxylation is 1. The number of para-hydroxylation sites is 1. The molecule has 52 heavy (non-hydrogen) atoms. The maximum atomic E-state index is 15.2. The Balaban J connectivity index is 1.38. The van der Waals surface area contributed by atoms with Crippen molar-refractivity contribution in [3.8, 4) is 0 Å². The first-order chi connectivity index (χ1) is 25.1. The lowest BCUT2D eigenvalue weighted by atomic mass is 9.77. The summed E-state index contributed by atoms with van der Waals surface area (Å²) >= 11 is 6.73. The van der Waals surface area contributed by atoms with Crippen LogP contribution in [0.4, 0.5) is 5.69 Å². The van der Waals surface area contributed by atoms with E-state index in [0.29, 0.717) is 28.3 Å². The molecule has 4 heterocycles. The van der Waals surface area contributed by atoms with Gasteiger partial charge in [-0.2, -0.15) is 0 Å². The highest BCUT2D eigenvalue weighted by Crippen LogP contribution is 2.55. The molecule has 0 unspecified atom stereocenters. The second kappa shape index (κ2) is 14.3. The third-order valence-electron chi connectivity index (χ3n) is 11.0. The predicted molar refractivity (Wildman–Crippen MR) is 195 cm³/mol. The highest BCUT2D eigenvalue weighted by molar-refractivity contribution is 6.34. The molecule has 8 atom stereocenters. The lowest BCUT2D eigenvalue weighted by molar-refractivity contribution is -0.164. The fourth-order valence-corrected chi connectivity index (χ4v) is 8.68. The highest BCUT2D eigenvalue weighted by atomic mass is 35.5. The zero-order valence-electron chi connectivity index (χ0n) is 29.3. The number of allylic oxidation sites excluding steroid dienone is 1. The number of cyclic esters (lactones) is 1. The molecule has 0 bridgehead atoms. The third kappa shape index (κ3) is 5.92. The van der Waals surface area contributed by atoms with Crippen LogP contribution in [0.3, 0.4) is 0 Å². The summed E-state index contributed by atoms with van der Waals surface area (Å²) in [5.41, 5.74) is 0.972. The zero-order valence-corrected chi connectivity index (χ0v) is 30.1. The molecule has 1 spiro atoms. The molecule has 270 valence electrons. The molecule has 2 saturated heterocycles. The van der Waals surface area contributed by atoms with Gasteiger partial charge in [-0.3, -0.25) is 19.2 Å². The molecule has 0 saturated carbocycles. The number of aliphatic hydroxyl groups excluding tert-OH is 1. The van der Waals surface area contributed by atoms with Gasteiger partial charge in [-0.15, -0.1) is 0 Å². The molecule has 10 nitrogen and oxygen atoms in total. The number of amides is 3. The predicted octanol–water partition coefficient (Wildman–Crippen LogP) is 5.35. The van der Waals surface area contributed by atoms with Gasteiger partial charge in [-0.05, 0) is 43.0 Å². The first-order valence-electron chi connectivity index (χ1n) is 17.7. The van der Waals surface area contributed by atoms with E-state index < -0.39 is 72.2 Å². The average Bonchev–Trinajstić information content (AvgIpc) is 3.54. The summed E-state index contributed by atoms with van der Waals surface area (Å²) in [6.07, 6.45) is 5.80. The SMILES string of the molecule is Cc1cccc(Cl)c1N1CC=C[C@]23O[C@@H]4/C=C\CCC(=O)N(C)[C@H](C)[C@@H](c5ccccc5)OC(=O)[C@@H]4[C@H]2C(=O)N([C@H](CO)c2ccccc2)[C@@H]3C1=O. The molecular formula is C41H42ClN3O7. The number of likely N-dealkylation sites (tertiary alicyclic amines) is 1. The van der Waals surface area contributed by atoms with Gasteiger partial charge in [0.1, 0.15) is 23.7 Å². The van der Waals surface area contributed by atoms with E-state index in [1.807, 2.05) is 56.3 Å². The topological polar surface area (TPSA) is 117 Å². The number of carbonyl (C=O) groups excluding carboxylic acids is 4. The van der Waals surface area contributed by atoms with Crippen LogP contribution in [0, 0.1) is 18.8 Å². The first kappa shape index (κ1) is 35.6.